The molecule has 5 nitrogen and oxygen atoms in total. The molecule has 1 rings (SSSR count). The molecule has 0 spiro atoms. The molecule has 0 aliphatic heterocycles. The first-order chi connectivity index (χ1) is 8.90. The molecule has 0 heterocycles. The number of benzene rings is 1. The predicted molar refractivity (Wildman–Crippen MR) is 69.9 cm³/mol. The molecule has 0 aliphatic rings. The summed E-state index contributed by atoms with van der Waals surface area (Å²) in [6.45, 7) is 5.45. The fourth-order valence-electron chi connectivity index (χ4n) is 2.04. The summed E-state index contributed by atoms with van der Waals surface area (Å²) in [4.78, 5) is 23.9. The third-order valence-corrected chi connectivity index (χ3v) is 3.30. The first-order valence-corrected chi connectivity index (χ1v) is 5.75. The number of rotatable bonds is 3. The second kappa shape index (κ2) is 5.73. The van der Waals surface area contributed by atoms with Crippen molar-refractivity contribution in [1.82, 2.24) is 0 Å². The van der Waals surface area contributed by atoms with Gasteiger partial charge in [0, 0.05) is 0 Å². The molecule has 0 bridgehead atoms. The summed E-state index contributed by atoms with van der Waals surface area (Å²) in [7, 11) is 3.97. The second-order valence-electron chi connectivity index (χ2n) is 4.14. The van der Waals surface area contributed by atoms with E-state index < -0.39 is 11.9 Å². The van der Waals surface area contributed by atoms with Gasteiger partial charge in [0.25, 0.3) is 0 Å². The van der Waals surface area contributed by atoms with Crippen LogP contribution in [0.1, 0.15) is 37.4 Å². The largest absolute Gasteiger partial charge is 0.496 e. The highest BCUT2D eigenvalue weighted by atomic mass is 16.5. The van der Waals surface area contributed by atoms with Crippen LogP contribution in [-0.2, 0) is 9.47 Å². The van der Waals surface area contributed by atoms with Crippen molar-refractivity contribution in [3.8, 4) is 5.75 Å². The van der Waals surface area contributed by atoms with E-state index in [4.69, 9.17) is 14.2 Å². The Morgan fingerprint density at radius 3 is 1.63 bits per heavy atom. The average molecular weight is 266 g/mol. The van der Waals surface area contributed by atoms with Crippen molar-refractivity contribution in [1.29, 1.82) is 0 Å². The van der Waals surface area contributed by atoms with E-state index in [9.17, 15) is 9.59 Å². The molecular formula is C14H18O5. The zero-order chi connectivity index (χ0) is 14.7. The van der Waals surface area contributed by atoms with Gasteiger partial charge in [0.2, 0.25) is 0 Å². The van der Waals surface area contributed by atoms with Crippen LogP contribution in [0.2, 0.25) is 0 Å². The van der Waals surface area contributed by atoms with E-state index in [2.05, 4.69) is 0 Å². The van der Waals surface area contributed by atoms with Gasteiger partial charge in [-0.25, -0.2) is 9.59 Å². The van der Waals surface area contributed by atoms with E-state index in [-0.39, 0.29) is 11.1 Å². The van der Waals surface area contributed by atoms with E-state index in [1.807, 2.05) is 13.8 Å². The molecule has 0 saturated heterocycles. The van der Waals surface area contributed by atoms with E-state index in [0.717, 1.165) is 11.1 Å². The van der Waals surface area contributed by atoms with Crippen molar-refractivity contribution >= 4 is 11.9 Å². The number of hydrogen-bond acceptors (Lipinski definition) is 5. The van der Waals surface area contributed by atoms with Crippen molar-refractivity contribution < 1.29 is 23.8 Å². The standard InChI is InChI=1S/C14H18O5/c1-7-8(2)10(13(15)18-5)11(14(16)19-6)12(17-4)9(7)3/h1-6H3. The molecule has 1 aromatic rings. The first kappa shape index (κ1) is 15.0. The maximum atomic E-state index is 11.9. The van der Waals surface area contributed by atoms with Gasteiger partial charge >= 0.3 is 11.9 Å². The Hall–Kier alpha value is -2.04. The lowest BCUT2D eigenvalue weighted by molar-refractivity contribution is 0.0551. The number of carbonyl (C=O) groups excluding carboxylic acids is 2. The van der Waals surface area contributed by atoms with E-state index in [0.29, 0.717) is 11.3 Å². The second-order valence-corrected chi connectivity index (χ2v) is 4.14. The highest BCUT2D eigenvalue weighted by Crippen LogP contribution is 2.34. The van der Waals surface area contributed by atoms with Crippen LogP contribution < -0.4 is 4.74 Å². The van der Waals surface area contributed by atoms with Crippen molar-refractivity contribution in [2.24, 2.45) is 0 Å². The van der Waals surface area contributed by atoms with Gasteiger partial charge in [-0.3, -0.25) is 0 Å². The summed E-state index contributed by atoms with van der Waals surface area (Å²) in [6.07, 6.45) is 0. The summed E-state index contributed by atoms with van der Waals surface area (Å²) < 4.78 is 14.7. The van der Waals surface area contributed by atoms with E-state index in [1.165, 1.54) is 21.3 Å². The van der Waals surface area contributed by atoms with Crippen molar-refractivity contribution in [3.05, 3.63) is 27.8 Å². The van der Waals surface area contributed by atoms with Crippen LogP contribution in [0.4, 0.5) is 0 Å². The summed E-state index contributed by atoms with van der Waals surface area (Å²) in [5.74, 6) is -0.863. The lowest BCUT2D eigenvalue weighted by Gasteiger charge is -2.18. The third kappa shape index (κ3) is 2.41. The van der Waals surface area contributed by atoms with Crippen molar-refractivity contribution in [3.63, 3.8) is 0 Å². The normalized spacial score (nSPS) is 10.0. The Morgan fingerprint density at radius 2 is 1.21 bits per heavy atom. The molecule has 0 saturated carbocycles. The van der Waals surface area contributed by atoms with Gasteiger partial charge < -0.3 is 14.2 Å². The maximum Gasteiger partial charge on any atom is 0.342 e. The molecule has 0 fully saturated rings. The SMILES string of the molecule is COC(=O)c1c(C)c(C)c(C)c(OC)c1C(=O)OC. The topological polar surface area (TPSA) is 61.8 Å². The highest BCUT2D eigenvalue weighted by Gasteiger charge is 2.28. The molecule has 0 atom stereocenters. The summed E-state index contributed by atoms with van der Waals surface area (Å²) >= 11 is 0. The number of hydrogen-bond donors (Lipinski definition) is 0. The molecule has 19 heavy (non-hydrogen) atoms. The minimum Gasteiger partial charge on any atom is -0.496 e. The van der Waals surface area contributed by atoms with Crippen LogP contribution in [0.5, 0.6) is 5.75 Å². The van der Waals surface area contributed by atoms with Crippen LogP contribution in [0.3, 0.4) is 0 Å². The Bertz CT molecular complexity index is 531. The molecular weight excluding hydrogens is 248 g/mol. The fraction of sp³-hybridized carbons (Fsp3) is 0.429. The molecule has 0 radical (unpaired) electrons. The van der Waals surface area contributed by atoms with Crippen LogP contribution in [-0.4, -0.2) is 33.3 Å². The van der Waals surface area contributed by atoms with E-state index >= 15 is 0 Å². The van der Waals surface area contributed by atoms with Crippen molar-refractivity contribution in [2.45, 2.75) is 20.8 Å². The van der Waals surface area contributed by atoms with Crippen LogP contribution in [0.15, 0.2) is 0 Å². The number of carbonyl (C=O) groups is 2. The summed E-state index contributed by atoms with van der Waals surface area (Å²) in [6, 6.07) is 0. The molecule has 0 aromatic heterocycles. The molecule has 0 amide bonds. The highest BCUT2D eigenvalue weighted by molar-refractivity contribution is 6.06. The Labute approximate surface area is 112 Å². The maximum absolute atomic E-state index is 11.9. The van der Waals surface area contributed by atoms with Crippen molar-refractivity contribution in [2.75, 3.05) is 21.3 Å². The first-order valence-electron chi connectivity index (χ1n) is 5.75. The van der Waals surface area contributed by atoms with Gasteiger partial charge in [0.1, 0.15) is 11.3 Å². The monoisotopic (exact) mass is 266 g/mol. The minimum atomic E-state index is -0.622. The average Bonchev–Trinajstić information content (AvgIpc) is 2.42. The lowest BCUT2D eigenvalue weighted by atomic mass is 9.92. The van der Waals surface area contributed by atoms with Gasteiger partial charge in [-0.05, 0) is 37.5 Å². The van der Waals surface area contributed by atoms with E-state index in [1.54, 1.807) is 6.92 Å². The van der Waals surface area contributed by atoms with Crippen LogP contribution in [0.25, 0.3) is 0 Å². The van der Waals surface area contributed by atoms with Gasteiger partial charge in [-0.2, -0.15) is 0 Å². The third-order valence-electron chi connectivity index (χ3n) is 3.30. The summed E-state index contributed by atoms with van der Waals surface area (Å²) in [5.41, 5.74) is 2.66. The molecule has 5 heteroatoms. The number of esters is 2. The Kier molecular flexibility index (Phi) is 4.53. The van der Waals surface area contributed by atoms with Gasteiger partial charge in [-0.15, -0.1) is 0 Å². The zero-order valence-electron chi connectivity index (χ0n) is 12.0. The van der Waals surface area contributed by atoms with Crippen LogP contribution >= 0.6 is 0 Å². The number of ether oxygens (including phenoxy) is 3. The molecule has 1 aromatic carbocycles. The summed E-state index contributed by atoms with van der Waals surface area (Å²) in [5, 5.41) is 0. The minimum absolute atomic E-state index is 0.109. The quantitative estimate of drug-likeness (QED) is 0.785. The van der Waals surface area contributed by atoms with Gasteiger partial charge in [-0.1, -0.05) is 0 Å². The predicted octanol–water partition coefficient (Wildman–Crippen LogP) is 2.19. The molecule has 0 unspecified atom stereocenters. The van der Waals surface area contributed by atoms with Gasteiger partial charge in [0.15, 0.2) is 0 Å². The molecule has 0 N–H and O–H groups in total. The smallest absolute Gasteiger partial charge is 0.342 e. The van der Waals surface area contributed by atoms with Crippen LogP contribution in [0, 0.1) is 20.8 Å². The Morgan fingerprint density at radius 1 is 0.737 bits per heavy atom. The fourth-order valence-corrected chi connectivity index (χ4v) is 2.04. The molecule has 0 aliphatic carbocycles. The zero-order valence-corrected chi connectivity index (χ0v) is 12.0. The lowest BCUT2D eigenvalue weighted by Crippen LogP contribution is -2.17. The number of methoxy groups -OCH3 is 3. The molecule has 104 valence electrons. The van der Waals surface area contributed by atoms with Gasteiger partial charge in [0.05, 0.1) is 26.9 Å². The Balaban J connectivity index is 3.81.